The zero-order valence-electron chi connectivity index (χ0n) is 10.5. The van der Waals surface area contributed by atoms with Crippen molar-refractivity contribution < 1.29 is 4.42 Å². The molecule has 0 fully saturated rings. The summed E-state index contributed by atoms with van der Waals surface area (Å²) in [6.45, 7) is 4.15. The number of nitrogens with one attached hydrogen (secondary N) is 1. The average Bonchev–Trinajstić information content (AvgIpc) is 2.77. The SMILES string of the molecule is Cc1ccccc1C(C)Nc1nnc(CCCl)o1. The smallest absolute Gasteiger partial charge is 0.315 e. The first-order valence-electron chi connectivity index (χ1n) is 5.91. The molecule has 1 atom stereocenters. The van der Waals surface area contributed by atoms with E-state index < -0.39 is 0 Å². The van der Waals surface area contributed by atoms with Gasteiger partial charge in [0.1, 0.15) is 0 Å². The van der Waals surface area contributed by atoms with Crippen LogP contribution in [0.3, 0.4) is 0 Å². The van der Waals surface area contributed by atoms with Crippen molar-refractivity contribution in [1.82, 2.24) is 10.2 Å². The van der Waals surface area contributed by atoms with Gasteiger partial charge in [-0.1, -0.05) is 29.4 Å². The van der Waals surface area contributed by atoms with Gasteiger partial charge in [0.15, 0.2) is 0 Å². The molecule has 0 saturated carbocycles. The molecule has 2 aromatic rings. The molecule has 0 amide bonds. The topological polar surface area (TPSA) is 51.0 Å². The average molecular weight is 266 g/mol. The fraction of sp³-hybridized carbons (Fsp3) is 0.385. The molecule has 18 heavy (non-hydrogen) atoms. The molecule has 1 heterocycles. The van der Waals surface area contributed by atoms with Gasteiger partial charge in [0.25, 0.3) is 0 Å². The summed E-state index contributed by atoms with van der Waals surface area (Å²) in [5.41, 5.74) is 2.45. The van der Waals surface area contributed by atoms with Crippen LogP contribution in [0.15, 0.2) is 28.7 Å². The van der Waals surface area contributed by atoms with Crippen LogP contribution in [0.25, 0.3) is 0 Å². The Morgan fingerprint density at radius 2 is 2.11 bits per heavy atom. The van der Waals surface area contributed by atoms with Gasteiger partial charge in [0, 0.05) is 12.3 Å². The first-order valence-corrected chi connectivity index (χ1v) is 6.44. The molecule has 1 aromatic carbocycles. The first kappa shape index (κ1) is 12.9. The summed E-state index contributed by atoms with van der Waals surface area (Å²) >= 11 is 5.62. The quantitative estimate of drug-likeness (QED) is 0.843. The van der Waals surface area contributed by atoms with Crippen molar-refractivity contribution in [1.29, 1.82) is 0 Å². The Balaban J connectivity index is 2.06. The Bertz CT molecular complexity index is 512. The summed E-state index contributed by atoms with van der Waals surface area (Å²) in [7, 11) is 0. The van der Waals surface area contributed by atoms with E-state index in [0.717, 1.165) is 0 Å². The minimum Gasteiger partial charge on any atom is -0.408 e. The molecule has 0 saturated heterocycles. The van der Waals surface area contributed by atoms with Crippen LogP contribution in [0.4, 0.5) is 6.01 Å². The second kappa shape index (κ2) is 5.87. The van der Waals surface area contributed by atoms with Gasteiger partial charge in [-0.25, -0.2) is 0 Å². The molecule has 4 nitrogen and oxygen atoms in total. The van der Waals surface area contributed by atoms with Crippen molar-refractivity contribution in [3.8, 4) is 0 Å². The normalized spacial score (nSPS) is 12.4. The molecule has 0 aliphatic rings. The van der Waals surface area contributed by atoms with Crippen molar-refractivity contribution in [2.45, 2.75) is 26.3 Å². The third-order valence-corrected chi connectivity index (χ3v) is 2.96. The molecule has 0 spiro atoms. The maximum atomic E-state index is 5.62. The minimum atomic E-state index is 0.121. The van der Waals surface area contributed by atoms with Gasteiger partial charge in [-0.3, -0.25) is 0 Å². The van der Waals surface area contributed by atoms with Crippen LogP contribution in [-0.4, -0.2) is 16.1 Å². The number of hydrogen-bond donors (Lipinski definition) is 1. The lowest BCUT2D eigenvalue weighted by Crippen LogP contribution is -2.08. The highest BCUT2D eigenvalue weighted by atomic mass is 35.5. The van der Waals surface area contributed by atoms with E-state index in [2.05, 4.69) is 41.5 Å². The van der Waals surface area contributed by atoms with Gasteiger partial charge in [0.2, 0.25) is 5.89 Å². The molecular formula is C13H16ClN3O. The van der Waals surface area contributed by atoms with Gasteiger partial charge in [-0.2, -0.15) is 0 Å². The number of aryl methyl sites for hydroxylation is 2. The Hall–Kier alpha value is -1.55. The predicted octanol–water partition coefficient (Wildman–Crippen LogP) is 3.33. The van der Waals surface area contributed by atoms with E-state index in [0.29, 0.717) is 24.2 Å². The van der Waals surface area contributed by atoms with Gasteiger partial charge >= 0.3 is 6.01 Å². The van der Waals surface area contributed by atoms with Gasteiger partial charge < -0.3 is 9.73 Å². The second-order valence-electron chi connectivity index (χ2n) is 4.16. The maximum absolute atomic E-state index is 5.62. The number of aromatic nitrogens is 2. The third-order valence-electron chi connectivity index (χ3n) is 2.77. The van der Waals surface area contributed by atoms with E-state index in [1.807, 2.05) is 12.1 Å². The van der Waals surface area contributed by atoms with Crippen LogP contribution in [-0.2, 0) is 6.42 Å². The van der Waals surface area contributed by atoms with Crippen molar-refractivity contribution in [3.05, 3.63) is 41.3 Å². The summed E-state index contributed by atoms with van der Waals surface area (Å²) < 4.78 is 5.44. The molecule has 0 aliphatic carbocycles. The number of rotatable bonds is 5. The Labute approximate surface area is 111 Å². The number of halogens is 1. The van der Waals surface area contributed by atoms with E-state index in [1.165, 1.54) is 11.1 Å². The number of anilines is 1. The third kappa shape index (κ3) is 3.01. The lowest BCUT2D eigenvalue weighted by Gasteiger charge is -2.14. The predicted molar refractivity (Wildman–Crippen MR) is 71.9 cm³/mol. The van der Waals surface area contributed by atoms with E-state index in [4.69, 9.17) is 16.0 Å². The molecule has 0 aliphatic heterocycles. The molecule has 5 heteroatoms. The molecule has 1 unspecified atom stereocenters. The van der Waals surface area contributed by atoms with Crippen LogP contribution >= 0.6 is 11.6 Å². The highest BCUT2D eigenvalue weighted by Gasteiger charge is 2.11. The van der Waals surface area contributed by atoms with Crippen LogP contribution in [0.1, 0.15) is 30.0 Å². The van der Waals surface area contributed by atoms with Gasteiger partial charge in [0.05, 0.1) is 6.04 Å². The van der Waals surface area contributed by atoms with Crippen molar-refractivity contribution >= 4 is 17.6 Å². The zero-order chi connectivity index (χ0) is 13.0. The Morgan fingerprint density at radius 1 is 1.33 bits per heavy atom. The first-order chi connectivity index (χ1) is 8.70. The summed E-state index contributed by atoms with van der Waals surface area (Å²) in [4.78, 5) is 0. The maximum Gasteiger partial charge on any atom is 0.315 e. The lowest BCUT2D eigenvalue weighted by atomic mass is 10.0. The standard InChI is InChI=1S/C13H16ClN3O/c1-9-5-3-4-6-11(9)10(2)15-13-17-16-12(18-13)7-8-14/h3-6,10H,7-8H2,1-2H3,(H,15,17). The zero-order valence-corrected chi connectivity index (χ0v) is 11.2. The Kier molecular flexibility index (Phi) is 4.20. The molecule has 0 bridgehead atoms. The molecule has 1 aromatic heterocycles. The van der Waals surface area contributed by atoms with Crippen LogP contribution in [0, 0.1) is 6.92 Å². The number of nitrogens with zero attached hydrogens (tertiary/aromatic N) is 2. The fourth-order valence-corrected chi connectivity index (χ4v) is 1.99. The van der Waals surface area contributed by atoms with E-state index in [9.17, 15) is 0 Å². The number of hydrogen-bond acceptors (Lipinski definition) is 4. The van der Waals surface area contributed by atoms with Gasteiger partial charge in [-0.15, -0.1) is 16.7 Å². The summed E-state index contributed by atoms with van der Waals surface area (Å²) in [6.07, 6.45) is 0.592. The van der Waals surface area contributed by atoms with E-state index >= 15 is 0 Å². The minimum absolute atomic E-state index is 0.121. The molecule has 0 radical (unpaired) electrons. The molecule has 2 rings (SSSR count). The summed E-state index contributed by atoms with van der Waals surface area (Å²) in [6, 6.07) is 8.77. The fourth-order valence-electron chi connectivity index (χ4n) is 1.83. The van der Waals surface area contributed by atoms with E-state index in [-0.39, 0.29) is 6.04 Å². The molecular weight excluding hydrogens is 250 g/mol. The monoisotopic (exact) mass is 265 g/mol. The van der Waals surface area contributed by atoms with Crippen LogP contribution in [0.5, 0.6) is 0 Å². The summed E-state index contributed by atoms with van der Waals surface area (Å²) in [5, 5.41) is 11.0. The number of benzene rings is 1. The second-order valence-corrected chi connectivity index (χ2v) is 4.54. The highest BCUT2D eigenvalue weighted by Crippen LogP contribution is 2.21. The lowest BCUT2D eigenvalue weighted by molar-refractivity contribution is 0.508. The Morgan fingerprint density at radius 3 is 2.83 bits per heavy atom. The molecule has 1 N–H and O–H groups in total. The van der Waals surface area contributed by atoms with Crippen LogP contribution < -0.4 is 5.32 Å². The largest absolute Gasteiger partial charge is 0.408 e. The number of alkyl halides is 1. The van der Waals surface area contributed by atoms with E-state index in [1.54, 1.807) is 0 Å². The van der Waals surface area contributed by atoms with Crippen molar-refractivity contribution in [2.24, 2.45) is 0 Å². The molecule has 96 valence electrons. The van der Waals surface area contributed by atoms with Gasteiger partial charge in [-0.05, 0) is 25.0 Å². The van der Waals surface area contributed by atoms with Crippen molar-refractivity contribution in [2.75, 3.05) is 11.2 Å². The highest BCUT2D eigenvalue weighted by molar-refractivity contribution is 6.17. The van der Waals surface area contributed by atoms with Crippen LogP contribution in [0.2, 0.25) is 0 Å². The summed E-state index contributed by atoms with van der Waals surface area (Å²) in [5.74, 6) is 1.04. The van der Waals surface area contributed by atoms with Crippen molar-refractivity contribution in [3.63, 3.8) is 0 Å².